The minimum atomic E-state index is -0.370. The molecule has 0 spiro atoms. The van der Waals surface area contributed by atoms with E-state index in [1.165, 1.54) is 25.2 Å². The maximum atomic E-state index is 12.1. The first kappa shape index (κ1) is 20.3. The second kappa shape index (κ2) is 9.16. The van der Waals surface area contributed by atoms with E-state index in [0.717, 1.165) is 0 Å². The predicted molar refractivity (Wildman–Crippen MR) is 108 cm³/mol. The number of hydrogen-bond donors (Lipinski definition) is 2. The summed E-state index contributed by atoms with van der Waals surface area (Å²) in [5.41, 5.74) is 1.10. The molecule has 2 heterocycles. The molecule has 2 N–H and O–H groups in total. The van der Waals surface area contributed by atoms with E-state index in [9.17, 15) is 14.4 Å². The number of anilines is 1. The summed E-state index contributed by atoms with van der Waals surface area (Å²) in [6.07, 6.45) is 0. The topological polar surface area (TPSA) is 111 Å². The minimum absolute atomic E-state index is 0.0756. The Morgan fingerprint density at radius 2 is 2.00 bits per heavy atom. The number of nitrogens with zero attached hydrogens (tertiary/aromatic N) is 1. The normalized spacial score (nSPS) is 10.4. The molecular formula is C20H19N3O5S. The van der Waals surface area contributed by atoms with Gasteiger partial charge in [-0.25, -0.2) is 4.98 Å². The van der Waals surface area contributed by atoms with Crippen molar-refractivity contribution in [2.24, 2.45) is 0 Å². The van der Waals surface area contributed by atoms with Crippen molar-refractivity contribution in [1.29, 1.82) is 0 Å². The Morgan fingerprint density at radius 1 is 1.17 bits per heavy atom. The first-order valence-electron chi connectivity index (χ1n) is 8.73. The van der Waals surface area contributed by atoms with Gasteiger partial charge in [0.15, 0.2) is 23.3 Å². The van der Waals surface area contributed by atoms with Crippen molar-refractivity contribution >= 4 is 34.1 Å². The molecule has 0 aliphatic heterocycles. The van der Waals surface area contributed by atoms with Crippen LogP contribution in [-0.2, 0) is 16.1 Å². The van der Waals surface area contributed by atoms with E-state index >= 15 is 0 Å². The largest absolute Gasteiger partial charge is 0.484 e. The molecule has 0 bridgehead atoms. The Morgan fingerprint density at radius 3 is 2.76 bits per heavy atom. The number of benzene rings is 1. The van der Waals surface area contributed by atoms with Crippen LogP contribution in [0.15, 0.2) is 46.2 Å². The number of rotatable bonds is 8. The number of aromatic nitrogens is 1. The van der Waals surface area contributed by atoms with Gasteiger partial charge >= 0.3 is 0 Å². The van der Waals surface area contributed by atoms with E-state index in [4.69, 9.17) is 9.15 Å². The summed E-state index contributed by atoms with van der Waals surface area (Å²) >= 11 is 1.26. The summed E-state index contributed by atoms with van der Waals surface area (Å²) in [6, 6.07) is 10.2. The van der Waals surface area contributed by atoms with Gasteiger partial charge in [-0.2, -0.15) is 0 Å². The summed E-state index contributed by atoms with van der Waals surface area (Å²) in [7, 11) is 0. The number of carbonyl (C=O) groups is 3. The summed E-state index contributed by atoms with van der Waals surface area (Å²) in [6.45, 7) is 2.99. The van der Waals surface area contributed by atoms with Gasteiger partial charge < -0.3 is 14.5 Å². The van der Waals surface area contributed by atoms with E-state index in [-0.39, 0.29) is 24.2 Å². The minimum Gasteiger partial charge on any atom is -0.484 e. The van der Waals surface area contributed by atoms with Crippen molar-refractivity contribution in [3.63, 3.8) is 0 Å². The van der Waals surface area contributed by atoms with E-state index in [2.05, 4.69) is 15.6 Å². The smallest absolute Gasteiger partial charge is 0.264 e. The third-order valence-electron chi connectivity index (χ3n) is 3.79. The molecule has 1 aromatic carbocycles. The molecule has 9 heteroatoms. The molecule has 0 fully saturated rings. The first-order valence-corrected chi connectivity index (χ1v) is 9.61. The fraction of sp³-hybridized carbons (Fsp3) is 0.200. The molecule has 0 atom stereocenters. The molecule has 29 heavy (non-hydrogen) atoms. The maximum Gasteiger partial charge on any atom is 0.264 e. The lowest BCUT2D eigenvalue weighted by Crippen LogP contribution is -2.20. The maximum absolute atomic E-state index is 12.1. The van der Waals surface area contributed by atoms with E-state index < -0.39 is 0 Å². The number of furan rings is 1. The van der Waals surface area contributed by atoms with Gasteiger partial charge in [0.1, 0.15) is 17.2 Å². The second-order valence-electron chi connectivity index (χ2n) is 6.13. The number of Topliss-reactive ketones (excluding diaryl/α,β-unsaturated/α-hetero) is 1. The Balaban J connectivity index is 1.54. The van der Waals surface area contributed by atoms with E-state index in [1.54, 1.807) is 41.8 Å². The molecule has 3 aromatic rings. The van der Waals surface area contributed by atoms with Crippen molar-refractivity contribution in [3.05, 3.63) is 53.1 Å². The molecule has 8 nitrogen and oxygen atoms in total. The Kier molecular flexibility index (Phi) is 6.40. The predicted octanol–water partition coefficient (Wildman–Crippen LogP) is 3.26. The van der Waals surface area contributed by atoms with Crippen LogP contribution >= 0.6 is 11.3 Å². The summed E-state index contributed by atoms with van der Waals surface area (Å²) in [4.78, 5) is 38.8. The Labute approximate surface area is 170 Å². The Hall–Kier alpha value is -3.46. The first-order chi connectivity index (χ1) is 13.9. The van der Waals surface area contributed by atoms with E-state index in [1.807, 2.05) is 0 Å². The number of amides is 2. The van der Waals surface area contributed by atoms with Gasteiger partial charge in [0.05, 0.1) is 6.54 Å². The average Bonchev–Trinajstić information content (AvgIpc) is 3.34. The highest BCUT2D eigenvalue weighted by Gasteiger charge is 2.12. The molecule has 2 amide bonds. The molecule has 0 saturated carbocycles. The SMILES string of the molecule is CC(=O)NCc1ccc(-c2csc(NC(=O)COc3cccc(C(C)=O)c3)n2)o1. The van der Waals surface area contributed by atoms with Crippen LogP contribution in [0.1, 0.15) is 30.0 Å². The van der Waals surface area contributed by atoms with Crippen LogP contribution in [0, 0.1) is 0 Å². The van der Waals surface area contributed by atoms with Gasteiger partial charge in [0.25, 0.3) is 5.91 Å². The van der Waals surface area contributed by atoms with Crippen LogP contribution in [0.3, 0.4) is 0 Å². The van der Waals surface area contributed by atoms with Gasteiger partial charge in [0.2, 0.25) is 5.91 Å². The monoisotopic (exact) mass is 413 g/mol. The summed E-state index contributed by atoms with van der Waals surface area (Å²) in [5.74, 6) is 1.000. The highest BCUT2D eigenvalue weighted by Crippen LogP contribution is 2.26. The number of carbonyl (C=O) groups excluding carboxylic acids is 3. The van der Waals surface area contributed by atoms with Crippen molar-refractivity contribution < 1.29 is 23.5 Å². The summed E-state index contributed by atoms with van der Waals surface area (Å²) < 4.78 is 11.1. The van der Waals surface area contributed by atoms with Crippen LogP contribution in [-0.4, -0.2) is 29.2 Å². The lowest BCUT2D eigenvalue weighted by molar-refractivity contribution is -0.119. The quantitative estimate of drug-likeness (QED) is 0.549. The average molecular weight is 413 g/mol. The third kappa shape index (κ3) is 5.76. The van der Waals surface area contributed by atoms with Crippen molar-refractivity contribution in [1.82, 2.24) is 10.3 Å². The van der Waals surface area contributed by atoms with Crippen LogP contribution in [0.4, 0.5) is 5.13 Å². The molecule has 0 aliphatic rings. The van der Waals surface area contributed by atoms with Gasteiger partial charge in [-0.05, 0) is 31.2 Å². The lowest BCUT2D eigenvalue weighted by Gasteiger charge is -2.06. The molecule has 0 unspecified atom stereocenters. The second-order valence-corrected chi connectivity index (χ2v) is 6.99. The van der Waals surface area contributed by atoms with Gasteiger partial charge in [-0.1, -0.05) is 12.1 Å². The standard InChI is InChI=1S/C20H19N3O5S/c1-12(24)14-4-3-5-15(8-14)27-10-19(26)23-20-22-17(11-29-20)18-7-6-16(28-18)9-21-13(2)25/h3-8,11H,9-10H2,1-2H3,(H,21,25)(H,22,23,26). The van der Waals surface area contributed by atoms with Crippen molar-refractivity contribution in [2.75, 3.05) is 11.9 Å². The van der Waals surface area contributed by atoms with Crippen LogP contribution in [0.25, 0.3) is 11.5 Å². The fourth-order valence-corrected chi connectivity index (χ4v) is 3.09. The highest BCUT2D eigenvalue weighted by atomic mass is 32.1. The molecule has 2 aromatic heterocycles. The number of nitrogens with one attached hydrogen (secondary N) is 2. The molecule has 0 aliphatic carbocycles. The summed E-state index contributed by atoms with van der Waals surface area (Å²) in [5, 5.41) is 7.49. The molecule has 3 rings (SSSR count). The lowest BCUT2D eigenvalue weighted by atomic mass is 10.1. The van der Waals surface area contributed by atoms with Gasteiger partial charge in [-0.3, -0.25) is 19.7 Å². The zero-order valence-corrected chi connectivity index (χ0v) is 16.7. The molecule has 0 radical (unpaired) electrons. The number of hydrogen-bond acceptors (Lipinski definition) is 7. The van der Waals surface area contributed by atoms with Crippen LogP contribution < -0.4 is 15.4 Å². The van der Waals surface area contributed by atoms with Crippen LogP contribution in [0.5, 0.6) is 5.75 Å². The molecular weight excluding hydrogens is 394 g/mol. The third-order valence-corrected chi connectivity index (χ3v) is 4.54. The van der Waals surface area contributed by atoms with Crippen molar-refractivity contribution in [2.45, 2.75) is 20.4 Å². The fourth-order valence-electron chi connectivity index (χ4n) is 2.38. The van der Waals surface area contributed by atoms with Crippen LogP contribution in [0.2, 0.25) is 0 Å². The van der Waals surface area contributed by atoms with E-state index in [0.29, 0.717) is 40.2 Å². The molecule has 150 valence electrons. The number of ketones is 1. The molecule has 0 saturated heterocycles. The van der Waals surface area contributed by atoms with Gasteiger partial charge in [0, 0.05) is 17.9 Å². The van der Waals surface area contributed by atoms with Crippen molar-refractivity contribution in [3.8, 4) is 17.2 Å². The number of thiazole rings is 1. The zero-order chi connectivity index (χ0) is 20.8. The zero-order valence-electron chi connectivity index (χ0n) is 15.9. The number of ether oxygens (including phenoxy) is 1. The van der Waals surface area contributed by atoms with Gasteiger partial charge in [-0.15, -0.1) is 11.3 Å². The Bertz CT molecular complexity index is 1040. The highest BCUT2D eigenvalue weighted by molar-refractivity contribution is 7.14.